The van der Waals surface area contributed by atoms with Crippen LogP contribution in [0, 0.1) is 0 Å². The lowest BCUT2D eigenvalue weighted by Crippen LogP contribution is -2.29. The Kier molecular flexibility index (Phi) is 6.03. The first kappa shape index (κ1) is 21.3. The van der Waals surface area contributed by atoms with Crippen LogP contribution in [0.2, 0.25) is 0 Å². The van der Waals surface area contributed by atoms with Crippen LogP contribution in [0.1, 0.15) is 52.5 Å². The minimum absolute atomic E-state index is 0.148. The van der Waals surface area contributed by atoms with Gasteiger partial charge in [0.2, 0.25) is 0 Å². The SMILES string of the molecule is CCC(C)c1ccccc1OCC(=O)Nc1cccc(N2C(=O)c3ccccc3C2=O)c1. The zero-order valence-corrected chi connectivity index (χ0v) is 18.0. The number of fused-ring (bicyclic) bond motifs is 1. The highest BCUT2D eigenvalue weighted by Crippen LogP contribution is 2.30. The summed E-state index contributed by atoms with van der Waals surface area (Å²) in [6.45, 7) is 4.08. The summed E-state index contributed by atoms with van der Waals surface area (Å²) >= 11 is 0. The lowest BCUT2D eigenvalue weighted by molar-refractivity contribution is -0.118. The molecule has 3 aromatic rings. The topological polar surface area (TPSA) is 75.7 Å². The van der Waals surface area contributed by atoms with Crippen LogP contribution >= 0.6 is 0 Å². The second kappa shape index (κ2) is 9.06. The number of imide groups is 1. The van der Waals surface area contributed by atoms with Crippen molar-refractivity contribution in [3.63, 3.8) is 0 Å². The molecule has 0 bridgehead atoms. The van der Waals surface area contributed by atoms with E-state index in [1.807, 2.05) is 24.3 Å². The minimum Gasteiger partial charge on any atom is -0.483 e. The molecule has 6 heteroatoms. The Balaban J connectivity index is 1.45. The summed E-state index contributed by atoms with van der Waals surface area (Å²) in [5.41, 5.74) is 2.69. The number of hydrogen-bond donors (Lipinski definition) is 1. The quantitative estimate of drug-likeness (QED) is 0.536. The number of carbonyl (C=O) groups excluding carboxylic acids is 3. The highest BCUT2D eigenvalue weighted by molar-refractivity contribution is 6.34. The normalized spacial score (nSPS) is 13.6. The van der Waals surface area contributed by atoms with Crippen LogP contribution < -0.4 is 15.0 Å². The third-order valence-electron chi connectivity index (χ3n) is 5.60. The summed E-state index contributed by atoms with van der Waals surface area (Å²) in [7, 11) is 0. The first-order valence-corrected chi connectivity index (χ1v) is 10.6. The van der Waals surface area contributed by atoms with Crippen molar-refractivity contribution >= 4 is 29.1 Å². The first-order valence-electron chi connectivity index (χ1n) is 10.6. The largest absolute Gasteiger partial charge is 0.483 e. The predicted molar refractivity (Wildman–Crippen MR) is 123 cm³/mol. The Morgan fingerprint density at radius 3 is 2.28 bits per heavy atom. The van der Waals surface area contributed by atoms with E-state index in [0.717, 1.165) is 16.9 Å². The number of carbonyl (C=O) groups is 3. The van der Waals surface area contributed by atoms with Crippen LogP contribution in [0.5, 0.6) is 5.75 Å². The lowest BCUT2D eigenvalue weighted by atomic mass is 9.98. The summed E-state index contributed by atoms with van der Waals surface area (Å²) in [6.07, 6.45) is 0.969. The van der Waals surface area contributed by atoms with Crippen LogP contribution in [0.25, 0.3) is 0 Å². The van der Waals surface area contributed by atoms with Gasteiger partial charge in [-0.05, 0) is 54.3 Å². The molecule has 1 N–H and O–H groups in total. The van der Waals surface area contributed by atoms with Gasteiger partial charge in [-0.25, -0.2) is 4.90 Å². The molecular weight excluding hydrogens is 404 g/mol. The molecule has 4 rings (SSSR count). The van der Waals surface area contributed by atoms with Crippen LogP contribution in [0.3, 0.4) is 0 Å². The van der Waals surface area contributed by atoms with Crippen molar-refractivity contribution in [3.8, 4) is 5.75 Å². The Labute approximate surface area is 186 Å². The fourth-order valence-corrected chi connectivity index (χ4v) is 3.73. The standard InChI is InChI=1S/C26H24N2O4/c1-3-17(2)20-11-6-7-14-23(20)32-16-24(29)27-18-9-8-10-19(15-18)28-25(30)21-12-4-5-13-22(21)26(28)31/h4-15,17H,3,16H2,1-2H3,(H,27,29). The highest BCUT2D eigenvalue weighted by Gasteiger charge is 2.36. The monoisotopic (exact) mass is 428 g/mol. The van der Waals surface area contributed by atoms with Crippen molar-refractivity contribution in [3.05, 3.63) is 89.5 Å². The zero-order valence-electron chi connectivity index (χ0n) is 18.0. The van der Waals surface area contributed by atoms with Gasteiger partial charge in [0.25, 0.3) is 17.7 Å². The van der Waals surface area contributed by atoms with E-state index in [1.165, 1.54) is 0 Å². The van der Waals surface area contributed by atoms with Gasteiger partial charge in [-0.3, -0.25) is 14.4 Å². The molecular formula is C26H24N2O4. The van der Waals surface area contributed by atoms with Crippen molar-refractivity contribution in [1.82, 2.24) is 0 Å². The summed E-state index contributed by atoms with van der Waals surface area (Å²) in [5, 5.41) is 2.78. The molecule has 0 saturated carbocycles. The van der Waals surface area contributed by atoms with E-state index in [4.69, 9.17) is 4.74 Å². The van der Waals surface area contributed by atoms with Gasteiger partial charge in [0.15, 0.2) is 6.61 Å². The number of anilines is 2. The molecule has 3 amide bonds. The van der Waals surface area contributed by atoms with Crippen LogP contribution in [-0.2, 0) is 4.79 Å². The predicted octanol–water partition coefficient (Wildman–Crippen LogP) is 5.02. The van der Waals surface area contributed by atoms with Gasteiger partial charge in [-0.15, -0.1) is 0 Å². The second-order valence-corrected chi connectivity index (χ2v) is 7.73. The van der Waals surface area contributed by atoms with Crippen molar-refractivity contribution in [2.75, 3.05) is 16.8 Å². The molecule has 0 radical (unpaired) electrons. The molecule has 0 spiro atoms. The molecule has 32 heavy (non-hydrogen) atoms. The molecule has 1 atom stereocenters. The molecule has 3 aromatic carbocycles. The fraction of sp³-hybridized carbons (Fsp3) is 0.192. The Bertz CT molecular complexity index is 1150. The minimum atomic E-state index is -0.376. The molecule has 0 aliphatic carbocycles. The van der Waals surface area contributed by atoms with Crippen LogP contribution in [-0.4, -0.2) is 24.3 Å². The molecule has 0 saturated heterocycles. The van der Waals surface area contributed by atoms with Gasteiger partial charge in [-0.2, -0.15) is 0 Å². The number of amides is 3. The molecule has 1 aliphatic heterocycles. The van der Waals surface area contributed by atoms with Crippen LogP contribution in [0.15, 0.2) is 72.8 Å². The van der Waals surface area contributed by atoms with E-state index in [0.29, 0.717) is 34.2 Å². The zero-order chi connectivity index (χ0) is 22.7. The number of para-hydroxylation sites is 1. The highest BCUT2D eigenvalue weighted by atomic mass is 16.5. The number of nitrogens with one attached hydrogen (secondary N) is 1. The van der Waals surface area contributed by atoms with Crippen molar-refractivity contribution in [2.24, 2.45) is 0 Å². The molecule has 6 nitrogen and oxygen atoms in total. The van der Waals surface area contributed by atoms with Gasteiger partial charge < -0.3 is 10.1 Å². The van der Waals surface area contributed by atoms with Crippen molar-refractivity contribution in [2.45, 2.75) is 26.2 Å². The van der Waals surface area contributed by atoms with Gasteiger partial charge in [-0.1, -0.05) is 50.2 Å². The van der Waals surface area contributed by atoms with Gasteiger partial charge in [0.1, 0.15) is 5.75 Å². The van der Waals surface area contributed by atoms with E-state index in [9.17, 15) is 14.4 Å². The third kappa shape index (κ3) is 4.12. The molecule has 0 fully saturated rings. The van der Waals surface area contributed by atoms with Crippen molar-refractivity contribution < 1.29 is 19.1 Å². The number of rotatable bonds is 7. The van der Waals surface area contributed by atoms with E-state index in [1.54, 1.807) is 48.5 Å². The molecule has 0 aromatic heterocycles. The number of nitrogens with zero attached hydrogens (tertiary/aromatic N) is 1. The Morgan fingerprint density at radius 2 is 1.59 bits per heavy atom. The average molecular weight is 428 g/mol. The smallest absolute Gasteiger partial charge is 0.266 e. The number of ether oxygens (including phenoxy) is 1. The lowest BCUT2D eigenvalue weighted by Gasteiger charge is -2.16. The number of hydrogen-bond acceptors (Lipinski definition) is 4. The maximum atomic E-state index is 12.7. The van der Waals surface area contributed by atoms with Crippen molar-refractivity contribution in [1.29, 1.82) is 0 Å². The van der Waals surface area contributed by atoms with Gasteiger partial charge >= 0.3 is 0 Å². The summed E-state index contributed by atoms with van der Waals surface area (Å²) in [5.74, 6) is -0.0658. The molecule has 1 unspecified atom stereocenters. The first-order chi connectivity index (χ1) is 15.5. The van der Waals surface area contributed by atoms with Gasteiger partial charge in [0, 0.05) is 5.69 Å². The third-order valence-corrected chi connectivity index (χ3v) is 5.60. The van der Waals surface area contributed by atoms with E-state index in [-0.39, 0.29) is 24.3 Å². The van der Waals surface area contributed by atoms with E-state index in [2.05, 4.69) is 19.2 Å². The second-order valence-electron chi connectivity index (χ2n) is 7.73. The summed E-state index contributed by atoms with van der Waals surface area (Å²) < 4.78 is 5.77. The Hall–Kier alpha value is -3.93. The molecule has 1 heterocycles. The average Bonchev–Trinajstić information content (AvgIpc) is 3.07. The maximum absolute atomic E-state index is 12.7. The fourth-order valence-electron chi connectivity index (χ4n) is 3.73. The number of benzene rings is 3. The van der Waals surface area contributed by atoms with Gasteiger partial charge in [0.05, 0.1) is 16.8 Å². The van der Waals surface area contributed by atoms with E-state index >= 15 is 0 Å². The summed E-state index contributed by atoms with van der Waals surface area (Å²) in [4.78, 5) is 39.0. The van der Waals surface area contributed by atoms with Crippen LogP contribution in [0.4, 0.5) is 11.4 Å². The Morgan fingerprint density at radius 1 is 0.938 bits per heavy atom. The molecule has 1 aliphatic rings. The molecule has 162 valence electrons. The maximum Gasteiger partial charge on any atom is 0.266 e. The summed E-state index contributed by atoms with van der Waals surface area (Å²) in [6, 6.07) is 21.1. The van der Waals surface area contributed by atoms with E-state index < -0.39 is 0 Å².